The molecule has 0 aromatic heterocycles. The van der Waals surface area contributed by atoms with Crippen LogP contribution in [0.3, 0.4) is 0 Å². The second-order valence-electron chi connectivity index (χ2n) is 5.70. The Bertz CT molecular complexity index is 390. The number of likely N-dealkylation sites (N-methyl/N-ethyl adjacent to an activating group) is 1. The molecule has 1 fully saturated rings. The lowest BCUT2D eigenvalue weighted by Crippen LogP contribution is -2.34. The van der Waals surface area contributed by atoms with Crippen molar-refractivity contribution >= 4 is 11.6 Å². The number of nitrogens with zero attached hydrogens (tertiary/aromatic N) is 1. The topological polar surface area (TPSA) is 38.5 Å². The van der Waals surface area contributed by atoms with Crippen LogP contribution in [0.5, 0.6) is 0 Å². The molecule has 0 radical (unpaired) electrons. The van der Waals surface area contributed by atoms with E-state index in [0.29, 0.717) is 6.10 Å². The summed E-state index contributed by atoms with van der Waals surface area (Å²) in [7, 11) is 2.15. The summed E-state index contributed by atoms with van der Waals surface area (Å²) >= 11 is 5.89. The number of hydrogen-bond donors (Lipinski definition) is 1. The van der Waals surface area contributed by atoms with Crippen LogP contribution < -0.4 is 5.73 Å². The Balaban J connectivity index is 1.71. The van der Waals surface area contributed by atoms with Crippen LogP contribution in [0.25, 0.3) is 0 Å². The summed E-state index contributed by atoms with van der Waals surface area (Å²) < 4.78 is 5.77. The highest BCUT2D eigenvalue weighted by atomic mass is 35.5. The molecule has 1 aromatic carbocycles. The minimum Gasteiger partial charge on any atom is -0.377 e. The molecule has 1 saturated heterocycles. The van der Waals surface area contributed by atoms with Crippen LogP contribution in [-0.2, 0) is 4.74 Å². The summed E-state index contributed by atoms with van der Waals surface area (Å²) in [5.41, 5.74) is 7.38. The van der Waals surface area contributed by atoms with Crippen LogP contribution in [0.2, 0.25) is 5.02 Å². The molecule has 2 N–H and O–H groups in total. The lowest BCUT2D eigenvalue weighted by molar-refractivity contribution is -0.00175. The van der Waals surface area contributed by atoms with E-state index in [-0.39, 0.29) is 6.04 Å². The predicted octanol–water partition coefficient (Wildman–Crippen LogP) is 3.23. The highest BCUT2D eigenvalue weighted by Gasteiger charge is 2.16. The van der Waals surface area contributed by atoms with E-state index >= 15 is 0 Å². The Morgan fingerprint density at radius 1 is 1.35 bits per heavy atom. The van der Waals surface area contributed by atoms with Gasteiger partial charge in [-0.15, -0.1) is 0 Å². The summed E-state index contributed by atoms with van der Waals surface area (Å²) in [6.07, 6.45) is 5.04. The summed E-state index contributed by atoms with van der Waals surface area (Å²) in [6, 6.07) is 7.89. The lowest BCUT2D eigenvalue weighted by Gasteiger charge is -2.28. The number of halogens is 1. The van der Waals surface area contributed by atoms with Gasteiger partial charge in [0.05, 0.1) is 6.10 Å². The van der Waals surface area contributed by atoms with Gasteiger partial charge in [-0.25, -0.2) is 0 Å². The number of rotatable bonds is 6. The van der Waals surface area contributed by atoms with Crippen LogP contribution in [0.15, 0.2) is 24.3 Å². The molecular weight excluding hydrogens is 272 g/mol. The van der Waals surface area contributed by atoms with Gasteiger partial charge in [0.1, 0.15) is 0 Å². The van der Waals surface area contributed by atoms with Crippen molar-refractivity contribution in [1.29, 1.82) is 0 Å². The zero-order valence-corrected chi connectivity index (χ0v) is 13.0. The van der Waals surface area contributed by atoms with Gasteiger partial charge in [0.2, 0.25) is 0 Å². The molecule has 20 heavy (non-hydrogen) atoms. The van der Waals surface area contributed by atoms with Gasteiger partial charge in [-0.1, -0.05) is 23.7 Å². The van der Waals surface area contributed by atoms with Gasteiger partial charge in [0.25, 0.3) is 0 Å². The minimum atomic E-state index is 0.0713. The first kappa shape index (κ1) is 15.8. The first-order valence-electron chi connectivity index (χ1n) is 7.46. The van der Waals surface area contributed by atoms with Gasteiger partial charge in [0, 0.05) is 24.2 Å². The van der Waals surface area contributed by atoms with E-state index in [1.54, 1.807) is 0 Å². The van der Waals surface area contributed by atoms with E-state index in [9.17, 15) is 0 Å². The number of hydrogen-bond acceptors (Lipinski definition) is 3. The van der Waals surface area contributed by atoms with Crippen molar-refractivity contribution in [3.8, 4) is 0 Å². The van der Waals surface area contributed by atoms with E-state index in [1.165, 1.54) is 19.3 Å². The fraction of sp³-hybridized carbons (Fsp3) is 0.625. The maximum atomic E-state index is 6.23. The molecule has 0 bridgehead atoms. The Morgan fingerprint density at radius 2 is 2.10 bits per heavy atom. The molecule has 0 aliphatic carbocycles. The van der Waals surface area contributed by atoms with E-state index in [0.717, 1.165) is 36.7 Å². The first-order chi connectivity index (χ1) is 9.65. The number of nitrogens with two attached hydrogens (primary N) is 1. The van der Waals surface area contributed by atoms with Crippen molar-refractivity contribution in [2.45, 2.75) is 37.8 Å². The highest BCUT2D eigenvalue weighted by molar-refractivity contribution is 6.30. The Kier molecular flexibility index (Phi) is 6.30. The SMILES string of the molecule is CN(CCC(N)c1ccc(Cl)cc1)CC1CCCCO1. The third kappa shape index (κ3) is 5.06. The Morgan fingerprint density at radius 3 is 2.75 bits per heavy atom. The molecule has 112 valence electrons. The Labute approximate surface area is 127 Å². The largest absolute Gasteiger partial charge is 0.377 e. The van der Waals surface area contributed by atoms with E-state index in [1.807, 2.05) is 24.3 Å². The smallest absolute Gasteiger partial charge is 0.0701 e. The average molecular weight is 297 g/mol. The van der Waals surface area contributed by atoms with E-state index in [2.05, 4.69) is 11.9 Å². The molecule has 1 heterocycles. The summed E-state index contributed by atoms with van der Waals surface area (Å²) in [5.74, 6) is 0. The molecule has 2 atom stereocenters. The monoisotopic (exact) mass is 296 g/mol. The van der Waals surface area contributed by atoms with Gasteiger partial charge in [0.15, 0.2) is 0 Å². The average Bonchev–Trinajstić information content (AvgIpc) is 2.46. The standard InChI is InChI=1S/C16H25ClN2O/c1-19(12-15-4-2-3-11-20-15)10-9-16(18)13-5-7-14(17)8-6-13/h5-8,15-16H,2-4,9-12,18H2,1H3. The molecule has 1 aliphatic heterocycles. The summed E-state index contributed by atoms with van der Waals surface area (Å²) in [4.78, 5) is 2.33. The van der Waals surface area contributed by atoms with Gasteiger partial charge < -0.3 is 15.4 Å². The van der Waals surface area contributed by atoms with Crippen molar-refractivity contribution in [1.82, 2.24) is 4.90 Å². The third-order valence-electron chi connectivity index (χ3n) is 3.91. The maximum Gasteiger partial charge on any atom is 0.0701 e. The summed E-state index contributed by atoms with van der Waals surface area (Å²) in [5, 5.41) is 0.757. The molecule has 0 saturated carbocycles. The molecule has 1 aromatic rings. The molecule has 0 amide bonds. The quantitative estimate of drug-likeness (QED) is 0.876. The van der Waals surface area contributed by atoms with Gasteiger partial charge in [-0.05, 0) is 57.0 Å². The molecule has 0 spiro atoms. The van der Waals surface area contributed by atoms with E-state index in [4.69, 9.17) is 22.1 Å². The Hall–Kier alpha value is -0.610. The van der Waals surface area contributed by atoms with Gasteiger partial charge >= 0.3 is 0 Å². The van der Waals surface area contributed by atoms with E-state index < -0.39 is 0 Å². The normalized spacial score (nSPS) is 21.1. The molecule has 2 unspecified atom stereocenters. The maximum absolute atomic E-state index is 6.23. The zero-order valence-electron chi connectivity index (χ0n) is 12.2. The fourth-order valence-corrected chi connectivity index (χ4v) is 2.75. The van der Waals surface area contributed by atoms with Crippen molar-refractivity contribution in [3.63, 3.8) is 0 Å². The minimum absolute atomic E-state index is 0.0713. The number of ether oxygens (including phenoxy) is 1. The second-order valence-corrected chi connectivity index (χ2v) is 6.13. The predicted molar refractivity (Wildman–Crippen MR) is 84.1 cm³/mol. The van der Waals surface area contributed by atoms with Crippen LogP contribution in [0.1, 0.15) is 37.3 Å². The molecule has 1 aliphatic rings. The van der Waals surface area contributed by atoms with Crippen LogP contribution in [0, 0.1) is 0 Å². The zero-order chi connectivity index (χ0) is 14.4. The van der Waals surface area contributed by atoms with Crippen molar-refractivity contribution < 1.29 is 4.74 Å². The highest BCUT2D eigenvalue weighted by Crippen LogP contribution is 2.18. The lowest BCUT2D eigenvalue weighted by atomic mass is 10.0. The third-order valence-corrected chi connectivity index (χ3v) is 4.16. The molecule has 4 heteroatoms. The first-order valence-corrected chi connectivity index (χ1v) is 7.84. The summed E-state index contributed by atoms with van der Waals surface area (Å²) in [6.45, 7) is 2.92. The number of benzene rings is 1. The molecule has 2 rings (SSSR count). The van der Waals surface area contributed by atoms with Crippen LogP contribution in [-0.4, -0.2) is 37.7 Å². The van der Waals surface area contributed by atoms with Gasteiger partial charge in [-0.3, -0.25) is 0 Å². The second kappa shape index (κ2) is 7.99. The van der Waals surface area contributed by atoms with Crippen molar-refractivity contribution in [2.75, 3.05) is 26.7 Å². The molecule has 3 nitrogen and oxygen atoms in total. The van der Waals surface area contributed by atoms with Crippen molar-refractivity contribution in [2.24, 2.45) is 5.73 Å². The van der Waals surface area contributed by atoms with Crippen LogP contribution in [0.4, 0.5) is 0 Å². The molecular formula is C16H25ClN2O. The van der Waals surface area contributed by atoms with Crippen molar-refractivity contribution in [3.05, 3.63) is 34.9 Å². The fourth-order valence-electron chi connectivity index (χ4n) is 2.63. The van der Waals surface area contributed by atoms with Gasteiger partial charge in [-0.2, -0.15) is 0 Å². The van der Waals surface area contributed by atoms with Crippen LogP contribution >= 0.6 is 11.6 Å².